The highest BCUT2D eigenvalue weighted by Crippen LogP contribution is 2.32. The first-order valence-electron chi connectivity index (χ1n) is 12.4. The van der Waals surface area contributed by atoms with E-state index in [1.807, 2.05) is 16.8 Å². The number of benzene rings is 1. The number of aromatic nitrogens is 4. The molecule has 34 heavy (non-hydrogen) atoms. The molecule has 2 fully saturated rings. The van der Waals surface area contributed by atoms with Crippen molar-refractivity contribution in [3.8, 4) is 22.5 Å². The zero-order valence-electron chi connectivity index (χ0n) is 19.2. The van der Waals surface area contributed by atoms with Crippen molar-refractivity contribution in [2.24, 2.45) is 0 Å². The Morgan fingerprint density at radius 1 is 0.794 bits per heavy atom. The molecule has 1 aromatic carbocycles. The lowest BCUT2D eigenvalue weighted by molar-refractivity contribution is 0.628. The van der Waals surface area contributed by atoms with Gasteiger partial charge in [-0.1, -0.05) is 25.7 Å². The van der Waals surface area contributed by atoms with Crippen LogP contribution in [0.15, 0.2) is 54.7 Å². The highest BCUT2D eigenvalue weighted by molar-refractivity contribution is 5.83. The van der Waals surface area contributed by atoms with Gasteiger partial charge in [-0.3, -0.25) is 0 Å². The summed E-state index contributed by atoms with van der Waals surface area (Å²) in [6.45, 7) is 0. The average molecular weight is 457 g/mol. The molecule has 7 heteroatoms. The van der Waals surface area contributed by atoms with Crippen molar-refractivity contribution in [1.29, 1.82) is 0 Å². The summed E-state index contributed by atoms with van der Waals surface area (Å²) in [7, 11) is 0. The van der Waals surface area contributed by atoms with Crippen LogP contribution in [0, 0.1) is 5.82 Å². The van der Waals surface area contributed by atoms with E-state index in [4.69, 9.17) is 10.1 Å². The molecule has 0 bridgehead atoms. The van der Waals surface area contributed by atoms with Gasteiger partial charge in [0.15, 0.2) is 0 Å². The number of pyridine rings is 1. The first kappa shape index (κ1) is 21.1. The van der Waals surface area contributed by atoms with Crippen LogP contribution in [0.1, 0.15) is 51.4 Å². The summed E-state index contributed by atoms with van der Waals surface area (Å²) in [6.07, 6.45) is 11.6. The van der Waals surface area contributed by atoms with Crippen molar-refractivity contribution in [3.05, 3.63) is 60.5 Å². The lowest BCUT2D eigenvalue weighted by atomic mass is 10.1. The van der Waals surface area contributed by atoms with Crippen LogP contribution in [0.25, 0.3) is 28.0 Å². The molecule has 174 valence electrons. The smallest absolute Gasteiger partial charge is 0.223 e. The molecule has 0 spiro atoms. The number of rotatable bonds is 6. The second-order valence-electron chi connectivity index (χ2n) is 9.48. The van der Waals surface area contributed by atoms with E-state index in [2.05, 4.69) is 33.8 Å². The maximum atomic E-state index is 13.5. The van der Waals surface area contributed by atoms with Gasteiger partial charge in [0.05, 0.1) is 16.9 Å². The molecule has 0 amide bonds. The highest BCUT2D eigenvalue weighted by Gasteiger charge is 2.20. The van der Waals surface area contributed by atoms with Gasteiger partial charge >= 0.3 is 0 Å². The Morgan fingerprint density at radius 3 is 2.24 bits per heavy atom. The zero-order chi connectivity index (χ0) is 22.9. The second kappa shape index (κ2) is 9.05. The van der Waals surface area contributed by atoms with E-state index < -0.39 is 0 Å². The molecule has 0 aliphatic heterocycles. The van der Waals surface area contributed by atoms with Crippen LogP contribution in [0.2, 0.25) is 0 Å². The predicted octanol–water partition coefficient (Wildman–Crippen LogP) is 6.31. The third-order valence-electron chi connectivity index (χ3n) is 7.09. The van der Waals surface area contributed by atoms with Gasteiger partial charge in [0.2, 0.25) is 5.95 Å². The first-order valence-corrected chi connectivity index (χ1v) is 12.4. The van der Waals surface area contributed by atoms with Crippen LogP contribution in [0.3, 0.4) is 0 Å². The molecule has 2 aliphatic rings. The Hall–Kier alpha value is -3.48. The Morgan fingerprint density at radius 2 is 1.50 bits per heavy atom. The third-order valence-corrected chi connectivity index (χ3v) is 7.09. The van der Waals surface area contributed by atoms with Crippen molar-refractivity contribution in [1.82, 2.24) is 19.6 Å². The van der Waals surface area contributed by atoms with E-state index >= 15 is 0 Å². The second-order valence-corrected chi connectivity index (χ2v) is 9.48. The quantitative estimate of drug-likeness (QED) is 0.356. The molecule has 2 N–H and O–H groups in total. The summed E-state index contributed by atoms with van der Waals surface area (Å²) in [6, 6.07) is 15.6. The molecule has 0 radical (unpaired) electrons. The minimum atomic E-state index is -0.250. The minimum absolute atomic E-state index is 0.250. The fourth-order valence-corrected chi connectivity index (χ4v) is 5.27. The van der Waals surface area contributed by atoms with Crippen molar-refractivity contribution in [2.45, 2.75) is 63.5 Å². The Bertz CT molecular complexity index is 1290. The van der Waals surface area contributed by atoms with Crippen LogP contribution in [-0.2, 0) is 0 Å². The van der Waals surface area contributed by atoms with Gasteiger partial charge in [-0.05, 0) is 74.2 Å². The standard InChI is InChI=1S/C27H29FN6/c28-19-11-9-18(10-12-19)24-17-25-22(13-14-26(34(25)33-24)30-20-5-1-2-6-20)23-15-16-29-27(32-23)31-21-7-3-4-8-21/h9-17,20-21,30H,1-8H2,(H,29,31,32). The summed E-state index contributed by atoms with van der Waals surface area (Å²) in [5, 5.41) is 12.1. The molecule has 0 saturated heterocycles. The summed E-state index contributed by atoms with van der Waals surface area (Å²) in [5.41, 5.74) is 4.51. The lowest BCUT2D eigenvalue weighted by Gasteiger charge is -2.16. The molecule has 3 heterocycles. The van der Waals surface area contributed by atoms with Gasteiger partial charge in [0.1, 0.15) is 11.6 Å². The number of anilines is 2. The van der Waals surface area contributed by atoms with E-state index in [-0.39, 0.29) is 5.82 Å². The predicted molar refractivity (Wildman–Crippen MR) is 133 cm³/mol. The molecule has 2 saturated carbocycles. The van der Waals surface area contributed by atoms with Gasteiger partial charge in [-0.2, -0.15) is 5.10 Å². The monoisotopic (exact) mass is 456 g/mol. The molecular formula is C27H29FN6. The van der Waals surface area contributed by atoms with Crippen LogP contribution < -0.4 is 10.6 Å². The number of nitrogens with zero attached hydrogens (tertiary/aromatic N) is 4. The van der Waals surface area contributed by atoms with Crippen molar-refractivity contribution >= 4 is 17.3 Å². The summed E-state index contributed by atoms with van der Waals surface area (Å²) < 4.78 is 15.5. The highest BCUT2D eigenvalue weighted by atomic mass is 19.1. The molecule has 0 unspecified atom stereocenters. The molecule has 6 rings (SSSR count). The van der Waals surface area contributed by atoms with Crippen LogP contribution >= 0.6 is 0 Å². The lowest BCUT2D eigenvalue weighted by Crippen LogP contribution is -2.17. The van der Waals surface area contributed by atoms with E-state index in [0.717, 1.165) is 33.8 Å². The molecule has 0 atom stereocenters. The Balaban J connectivity index is 1.42. The van der Waals surface area contributed by atoms with E-state index in [1.54, 1.807) is 12.1 Å². The number of halogens is 1. The fourth-order valence-electron chi connectivity index (χ4n) is 5.27. The van der Waals surface area contributed by atoms with Crippen LogP contribution in [0.5, 0.6) is 0 Å². The van der Waals surface area contributed by atoms with Crippen molar-refractivity contribution in [2.75, 3.05) is 10.6 Å². The molecule has 4 aromatic rings. The maximum Gasteiger partial charge on any atom is 0.223 e. The molecular weight excluding hydrogens is 427 g/mol. The van der Waals surface area contributed by atoms with E-state index in [1.165, 1.54) is 63.5 Å². The first-order chi connectivity index (χ1) is 16.7. The van der Waals surface area contributed by atoms with Gasteiger partial charge in [-0.15, -0.1) is 0 Å². The number of nitrogens with one attached hydrogen (secondary N) is 2. The van der Waals surface area contributed by atoms with E-state index in [9.17, 15) is 4.39 Å². The largest absolute Gasteiger partial charge is 0.367 e. The molecule has 2 aliphatic carbocycles. The normalized spacial score (nSPS) is 17.0. The third kappa shape index (κ3) is 4.22. The van der Waals surface area contributed by atoms with E-state index in [0.29, 0.717) is 18.0 Å². The van der Waals surface area contributed by atoms with Gasteiger partial charge in [0, 0.05) is 29.4 Å². The molecule has 3 aromatic heterocycles. The van der Waals surface area contributed by atoms with Gasteiger partial charge < -0.3 is 10.6 Å². The SMILES string of the molecule is Fc1ccc(-c2cc3c(-c4ccnc(NC5CCCC5)n4)ccc(NC4CCCC4)n3n2)cc1. The Kier molecular flexibility index (Phi) is 5.61. The molecule has 6 nitrogen and oxygen atoms in total. The summed E-state index contributed by atoms with van der Waals surface area (Å²) in [4.78, 5) is 9.31. The fraction of sp³-hybridized carbons (Fsp3) is 0.370. The average Bonchev–Trinajstić information content (AvgIpc) is 3.62. The minimum Gasteiger partial charge on any atom is -0.367 e. The van der Waals surface area contributed by atoms with Crippen molar-refractivity contribution in [3.63, 3.8) is 0 Å². The topological polar surface area (TPSA) is 67.1 Å². The van der Waals surface area contributed by atoms with Gasteiger partial charge in [0.25, 0.3) is 0 Å². The van der Waals surface area contributed by atoms with Crippen LogP contribution in [-0.4, -0.2) is 31.7 Å². The number of hydrogen-bond donors (Lipinski definition) is 2. The van der Waals surface area contributed by atoms with Crippen molar-refractivity contribution < 1.29 is 4.39 Å². The Labute approximate surface area is 198 Å². The van der Waals surface area contributed by atoms with Gasteiger partial charge in [-0.25, -0.2) is 18.9 Å². The maximum absolute atomic E-state index is 13.5. The van der Waals surface area contributed by atoms with Crippen LogP contribution in [0.4, 0.5) is 16.2 Å². The number of fused-ring (bicyclic) bond motifs is 1. The number of hydrogen-bond acceptors (Lipinski definition) is 5. The zero-order valence-corrected chi connectivity index (χ0v) is 19.2. The summed E-state index contributed by atoms with van der Waals surface area (Å²) in [5.74, 6) is 1.39. The summed E-state index contributed by atoms with van der Waals surface area (Å²) >= 11 is 0.